The van der Waals surface area contributed by atoms with E-state index in [2.05, 4.69) is 15.6 Å². The number of nitrogens with two attached hydrogens (primary N) is 1. The van der Waals surface area contributed by atoms with Crippen molar-refractivity contribution in [3.05, 3.63) is 29.8 Å². The van der Waals surface area contributed by atoms with Crippen LogP contribution in [-0.4, -0.2) is 54.4 Å². The van der Waals surface area contributed by atoms with Gasteiger partial charge in [0.2, 0.25) is 10.0 Å². The number of aliphatic imine (C=N–C) groups is 1. The van der Waals surface area contributed by atoms with Crippen LogP contribution in [0.15, 0.2) is 34.2 Å². The molecule has 0 amide bonds. The molecule has 0 aliphatic carbocycles. The van der Waals surface area contributed by atoms with Crippen molar-refractivity contribution in [3.8, 4) is 0 Å². The predicted octanol–water partition coefficient (Wildman–Crippen LogP) is 0.442. The Balaban J connectivity index is 2.50. The first kappa shape index (κ1) is 21.4. The lowest BCUT2D eigenvalue weighted by molar-refractivity contribution is 0.0698. The van der Waals surface area contributed by atoms with Gasteiger partial charge in [-0.15, -0.1) is 0 Å². The van der Waals surface area contributed by atoms with Crippen molar-refractivity contribution in [2.75, 3.05) is 40.0 Å². The SMILES string of the molecule is CCNC(=NCc1cccc(S(N)(=O)=O)c1)NCCCOCCOC. The molecule has 0 spiro atoms. The number of guanidine groups is 1. The minimum Gasteiger partial charge on any atom is -0.382 e. The lowest BCUT2D eigenvalue weighted by Gasteiger charge is -2.11. The molecule has 0 aromatic heterocycles. The molecule has 25 heavy (non-hydrogen) atoms. The summed E-state index contributed by atoms with van der Waals surface area (Å²) in [5.41, 5.74) is 0.770. The smallest absolute Gasteiger partial charge is 0.238 e. The van der Waals surface area contributed by atoms with Crippen LogP contribution in [0.2, 0.25) is 0 Å². The quantitative estimate of drug-likeness (QED) is 0.295. The highest BCUT2D eigenvalue weighted by Gasteiger charge is 2.07. The molecule has 142 valence electrons. The minimum atomic E-state index is -3.70. The van der Waals surface area contributed by atoms with Crippen molar-refractivity contribution >= 4 is 16.0 Å². The Morgan fingerprint density at radius 1 is 1.24 bits per heavy atom. The van der Waals surface area contributed by atoms with E-state index < -0.39 is 10.0 Å². The molecule has 0 heterocycles. The number of primary sulfonamides is 1. The minimum absolute atomic E-state index is 0.0892. The zero-order valence-electron chi connectivity index (χ0n) is 14.8. The van der Waals surface area contributed by atoms with Gasteiger partial charge >= 0.3 is 0 Å². The molecule has 0 fully saturated rings. The summed E-state index contributed by atoms with van der Waals surface area (Å²) in [6.45, 7) is 5.60. The summed E-state index contributed by atoms with van der Waals surface area (Å²) in [6, 6.07) is 6.47. The molecular weight excluding hydrogens is 344 g/mol. The van der Waals surface area contributed by atoms with Crippen molar-refractivity contribution in [3.63, 3.8) is 0 Å². The van der Waals surface area contributed by atoms with E-state index in [0.717, 1.165) is 25.1 Å². The highest BCUT2D eigenvalue weighted by atomic mass is 32.2. The van der Waals surface area contributed by atoms with E-state index in [1.54, 1.807) is 13.2 Å². The van der Waals surface area contributed by atoms with Gasteiger partial charge in [0.25, 0.3) is 0 Å². The molecule has 4 N–H and O–H groups in total. The molecule has 0 saturated heterocycles. The lowest BCUT2D eigenvalue weighted by atomic mass is 10.2. The third-order valence-electron chi connectivity index (χ3n) is 3.18. The third kappa shape index (κ3) is 9.40. The molecular formula is C16H28N4O4S. The molecule has 1 rings (SSSR count). The summed E-state index contributed by atoms with van der Waals surface area (Å²) in [5.74, 6) is 0.667. The Hall–Kier alpha value is -1.68. The molecule has 0 radical (unpaired) electrons. The van der Waals surface area contributed by atoms with Crippen LogP contribution in [-0.2, 0) is 26.0 Å². The monoisotopic (exact) mass is 372 g/mol. The Morgan fingerprint density at radius 3 is 2.72 bits per heavy atom. The van der Waals surface area contributed by atoms with Crippen LogP contribution in [0, 0.1) is 0 Å². The molecule has 0 saturated carbocycles. The van der Waals surface area contributed by atoms with Gasteiger partial charge in [-0.1, -0.05) is 12.1 Å². The number of rotatable bonds is 11. The molecule has 1 aromatic rings. The van der Waals surface area contributed by atoms with Crippen LogP contribution in [0.1, 0.15) is 18.9 Å². The van der Waals surface area contributed by atoms with Gasteiger partial charge in [-0.25, -0.2) is 18.5 Å². The van der Waals surface area contributed by atoms with Gasteiger partial charge in [0.1, 0.15) is 0 Å². The Bertz CT molecular complexity index is 635. The summed E-state index contributed by atoms with van der Waals surface area (Å²) < 4.78 is 33.1. The normalized spacial score (nSPS) is 12.2. The standard InChI is InChI=1S/C16H28N4O4S/c1-3-18-16(19-8-5-9-24-11-10-23-2)20-13-14-6-4-7-15(12-14)25(17,21)22/h4,6-7,12H,3,5,8-11,13H2,1-2H3,(H2,17,21,22)(H2,18,19,20). The lowest BCUT2D eigenvalue weighted by Crippen LogP contribution is -2.38. The molecule has 8 nitrogen and oxygen atoms in total. The molecule has 0 bridgehead atoms. The van der Waals surface area contributed by atoms with Crippen LogP contribution in [0.4, 0.5) is 0 Å². The highest BCUT2D eigenvalue weighted by Crippen LogP contribution is 2.10. The van der Waals surface area contributed by atoms with E-state index in [9.17, 15) is 8.42 Å². The van der Waals surface area contributed by atoms with Crippen molar-refractivity contribution in [1.82, 2.24) is 10.6 Å². The fourth-order valence-corrected chi connectivity index (χ4v) is 2.54. The molecule has 0 aliphatic heterocycles. The average Bonchev–Trinajstić information content (AvgIpc) is 2.58. The number of nitrogens with zero attached hydrogens (tertiary/aromatic N) is 1. The molecule has 1 aromatic carbocycles. The van der Waals surface area contributed by atoms with E-state index in [0.29, 0.717) is 32.3 Å². The van der Waals surface area contributed by atoms with Crippen LogP contribution in [0.25, 0.3) is 0 Å². The van der Waals surface area contributed by atoms with Crippen molar-refractivity contribution in [2.45, 2.75) is 24.8 Å². The fraction of sp³-hybridized carbons (Fsp3) is 0.562. The highest BCUT2D eigenvalue weighted by molar-refractivity contribution is 7.89. The summed E-state index contributed by atoms with van der Waals surface area (Å²) in [4.78, 5) is 4.54. The first-order chi connectivity index (χ1) is 12.0. The number of hydrogen-bond acceptors (Lipinski definition) is 5. The zero-order valence-corrected chi connectivity index (χ0v) is 15.6. The number of ether oxygens (including phenoxy) is 2. The summed E-state index contributed by atoms with van der Waals surface area (Å²) in [6.07, 6.45) is 0.842. The van der Waals surface area contributed by atoms with E-state index >= 15 is 0 Å². The number of methoxy groups -OCH3 is 1. The summed E-state index contributed by atoms with van der Waals surface area (Å²) in [5, 5.41) is 11.5. The van der Waals surface area contributed by atoms with Crippen LogP contribution < -0.4 is 15.8 Å². The van der Waals surface area contributed by atoms with Crippen molar-refractivity contribution in [1.29, 1.82) is 0 Å². The van der Waals surface area contributed by atoms with Gasteiger partial charge in [0.15, 0.2) is 5.96 Å². The second-order valence-electron chi connectivity index (χ2n) is 5.27. The maximum atomic E-state index is 11.4. The van der Waals surface area contributed by atoms with E-state index in [1.165, 1.54) is 12.1 Å². The summed E-state index contributed by atoms with van der Waals surface area (Å²) >= 11 is 0. The maximum absolute atomic E-state index is 11.4. The Morgan fingerprint density at radius 2 is 2.04 bits per heavy atom. The van der Waals surface area contributed by atoms with Gasteiger partial charge in [-0.2, -0.15) is 0 Å². The summed E-state index contributed by atoms with van der Waals surface area (Å²) in [7, 11) is -2.06. The van der Waals surface area contributed by atoms with E-state index in [1.807, 2.05) is 13.0 Å². The topological polar surface area (TPSA) is 115 Å². The first-order valence-electron chi connectivity index (χ1n) is 8.18. The van der Waals surface area contributed by atoms with Crippen LogP contribution >= 0.6 is 0 Å². The molecule has 0 atom stereocenters. The second-order valence-corrected chi connectivity index (χ2v) is 6.83. The van der Waals surface area contributed by atoms with Gasteiger partial charge in [-0.3, -0.25) is 0 Å². The predicted molar refractivity (Wildman–Crippen MR) is 97.9 cm³/mol. The van der Waals surface area contributed by atoms with Crippen molar-refractivity contribution < 1.29 is 17.9 Å². The average molecular weight is 372 g/mol. The molecule has 0 unspecified atom stereocenters. The van der Waals surface area contributed by atoms with Crippen LogP contribution in [0.3, 0.4) is 0 Å². The van der Waals surface area contributed by atoms with Crippen LogP contribution in [0.5, 0.6) is 0 Å². The number of benzene rings is 1. The maximum Gasteiger partial charge on any atom is 0.238 e. The molecule has 0 aliphatic rings. The number of sulfonamides is 1. The van der Waals surface area contributed by atoms with Crippen molar-refractivity contribution in [2.24, 2.45) is 10.1 Å². The van der Waals surface area contributed by atoms with Gasteiger partial charge in [-0.05, 0) is 31.0 Å². The second kappa shape index (κ2) is 11.8. The van der Waals surface area contributed by atoms with Gasteiger partial charge in [0, 0.05) is 26.8 Å². The zero-order chi connectivity index (χ0) is 18.5. The fourth-order valence-electron chi connectivity index (χ4n) is 1.96. The Labute approximate surface area is 149 Å². The van der Waals surface area contributed by atoms with Gasteiger partial charge < -0.3 is 20.1 Å². The third-order valence-corrected chi connectivity index (χ3v) is 4.09. The number of hydrogen-bond donors (Lipinski definition) is 3. The Kier molecular flexibility index (Phi) is 10.1. The number of nitrogens with one attached hydrogen (secondary N) is 2. The van der Waals surface area contributed by atoms with E-state index in [4.69, 9.17) is 14.6 Å². The van der Waals surface area contributed by atoms with E-state index in [-0.39, 0.29) is 4.90 Å². The first-order valence-corrected chi connectivity index (χ1v) is 9.72. The largest absolute Gasteiger partial charge is 0.382 e. The molecule has 9 heteroatoms. The van der Waals surface area contributed by atoms with Gasteiger partial charge in [0.05, 0.1) is 24.7 Å².